The summed E-state index contributed by atoms with van der Waals surface area (Å²) in [6.07, 6.45) is 0.649. The molecule has 9 heteroatoms. The summed E-state index contributed by atoms with van der Waals surface area (Å²) in [6.45, 7) is 3.61. The number of amides is 2. The quantitative estimate of drug-likeness (QED) is 0.579. The Morgan fingerprint density at radius 1 is 1.13 bits per heavy atom. The van der Waals surface area contributed by atoms with E-state index in [1.807, 2.05) is 19.1 Å². The largest absolute Gasteiger partial charge is 0.332 e. The highest BCUT2D eigenvalue weighted by Crippen LogP contribution is 2.25. The summed E-state index contributed by atoms with van der Waals surface area (Å²) < 4.78 is 1.15. The Kier molecular flexibility index (Phi) is 7.30. The molecular weight excluding hydrogens is 439 g/mol. The van der Waals surface area contributed by atoms with Gasteiger partial charge in [-0.15, -0.1) is 0 Å². The molecule has 1 aromatic heterocycles. The maximum absolute atomic E-state index is 12.9. The van der Waals surface area contributed by atoms with E-state index < -0.39 is 5.91 Å². The molecule has 7 nitrogen and oxygen atoms in total. The molecule has 0 atom stereocenters. The van der Waals surface area contributed by atoms with Gasteiger partial charge in [0, 0.05) is 17.0 Å². The van der Waals surface area contributed by atoms with Crippen LogP contribution in [0, 0.1) is 6.92 Å². The Morgan fingerprint density at radius 2 is 1.84 bits per heavy atom. The lowest BCUT2D eigenvalue weighted by molar-refractivity contribution is -0.135. The van der Waals surface area contributed by atoms with Gasteiger partial charge in [-0.3, -0.25) is 14.4 Å². The molecule has 0 spiro atoms. The maximum Gasteiger partial charge on any atom is 0.275 e. The van der Waals surface area contributed by atoms with Gasteiger partial charge in [0.1, 0.15) is 6.54 Å². The number of carbonyl (C=O) groups is 2. The number of rotatable bonds is 7. The van der Waals surface area contributed by atoms with Crippen molar-refractivity contribution < 1.29 is 9.59 Å². The third-order valence-electron chi connectivity index (χ3n) is 4.72. The molecule has 0 fully saturated rings. The first kappa shape index (κ1) is 22.8. The number of aryl methyl sites for hydroxylation is 1. The van der Waals surface area contributed by atoms with Gasteiger partial charge in [0.15, 0.2) is 0 Å². The van der Waals surface area contributed by atoms with E-state index in [9.17, 15) is 14.4 Å². The van der Waals surface area contributed by atoms with Crippen molar-refractivity contribution in [2.24, 2.45) is 0 Å². The van der Waals surface area contributed by atoms with E-state index in [1.165, 1.54) is 11.0 Å². The molecule has 162 valence electrons. The number of anilines is 1. The molecule has 3 rings (SSSR count). The molecule has 0 aliphatic rings. The zero-order valence-corrected chi connectivity index (χ0v) is 18.7. The normalized spacial score (nSPS) is 10.8. The Hall–Kier alpha value is -2.90. The number of fused-ring (bicyclic) bond motifs is 1. The SMILES string of the molecule is CCCN(CC(=O)Nc1cc(Cl)ccc1Cl)C(=O)Cn1nc(C)c2ccccc2c1=O. The van der Waals surface area contributed by atoms with Gasteiger partial charge in [-0.25, -0.2) is 4.68 Å². The van der Waals surface area contributed by atoms with Crippen molar-refractivity contribution in [3.05, 3.63) is 68.6 Å². The van der Waals surface area contributed by atoms with Crippen molar-refractivity contribution in [2.75, 3.05) is 18.4 Å². The van der Waals surface area contributed by atoms with Crippen LogP contribution in [0.2, 0.25) is 10.0 Å². The highest BCUT2D eigenvalue weighted by molar-refractivity contribution is 6.35. The number of aromatic nitrogens is 2. The molecule has 0 saturated heterocycles. The smallest absolute Gasteiger partial charge is 0.275 e. The van der Waals surface area contributed by atoms with E-state index in [1.54, 1.807) is 31.2 Å². The first-order chi connectivity index (χ1) is 14.8. The minimum Gasteiger partial charge on any atom is -0.332 e. The fourth-order valence-electron chi connectivity index (χ4n) is 3.26. The number of hydrogen-bond acceptors (Lipinski definition) is 4. The lowest BCUT2D eigenvalue weighted by Gasteiger charge is -2.22. The van der Waals surface area contributed by atoms with Crippen LogP contribution in [-0.2, 0) is 16.1 Å². The van der Waals surface area contributed by atoms with Crippen LogP contribution in [0.25, 0.3) is 10.8 Å². The molecule has 2 amide bonds. The third-order valence-corrected chi connectivity index (χ3v) is 5.29. The molecule has 0 aliphatic heterocycles. The molecule has 0 unspecified atom stereocenters. The van der Waals surface area contributed by atoms with E-state index in [4.69, 9.17) is 23.2 Å². The van der Waals surface area contributed by atoms with E-state index >= 15 is 0 Å². The third kappa shape index (κ3) is 5.42. The van der Waals surface area contributed by atoms with E-state index in [-0.39, 0.29) is 24.6 Å². The van der Waals surface area contributed by atoms with Gasteiger partial charge in [-0.1, -0.05) is 48.3 Å². The zero-order chi connectivity index (χ0) is 22.5. The average Bonchev–Trinajstić information content (AvgIpc) is 2.74. The number of nitrogens with zero attached hydrogens (tertiary/aromatic N) is 3. The monoisotopic (exact) mass is 460 g/mol. The summed E-state index contributed by atoms with van der Waals surface area (Å²) in [5, 5.41) is 8.96. The Balaban J connectivity index is 1.77. The van der Waals surface area contributed by atoms with Crippen LogP contribution in [0.15, 0.2) is 47.3 Å². The molecule has 3 aromatic rings. The first-order valence-corrected chi connectivity index (χ1v) is 10.5. The molecule has 0 radical (unpaired) electrons. The minimum absolute atomic E-state index is 0.184. The highest BCUT2D eigenvalue weighted by Gasteiger charge is 2.19. The average molecular weight is 461 g/mol. The Labute approximate surface area is 189 Å². The van der Waals surface area contributed by atoms with Crippen molar-refractivity contribution >= 4 is 51.5 Å². The fraction of sp³-hybridized carbons (Fsp3) is 0.273. The van der Waals surface area contributed by atoms with Gasteiger partial charge in [-0.2, -0.15) is 5.10 Å². The number of halogens is 2. The van der Waals surface area contributed by atoms with Crippen LogP contribution in [-0.4, -0.2) is 39.6 Å². The molecule has 1 heterocycles. The molecule has 0 saturated carbocycles. The van der Waals surface area contributed by atoms with Crippen LogP contribution in [0.4, 0.5) is 5.69 Å². The summed E-state index contributed by atoms with van der Waals surface area (Å²) in [5.41, 5.74) is 0.672. The standard InChI is InChI=1S/C22H22Cl2N4O3/c1-3-10-27(12-20(29)25-19-11-15(23)8-9-18(19)24)21(30)13-28-22(31)17-7-5-4-6-16(17)14(2)26-28/h4-9,11H,3,10,12-13H2,1-2H3,(H,25,29). The predicted molar refractivity (Wildman–Crippen MR) is 123 cm³/mol. The van der Waals surface area contributed by atoms with Crippen LogP contribution in [0.3, 0.4) is 0 Å². The van der Waals surface area contributed by atoms with Crippen molar-refractivity contribution in [3.63, 3.8) is 0 Å². The van der Waals surface area contributed by atoms with E-state index in [2.05, 4.69) is 10.4 Å². The lowest BCUT2D eigenvalue weighted by atomic mass is 10.1. The second kappa shape index (κ2) is 9.94. The predicted octanol–water partition coefficient (Wildman–Crippen LogP) is 3.89. The van der Waals surface area contributed by atoms with Gasteiger partial charge >= 0.3 is 0 Å². The number of benzene rings is 2. The van der Waals surface area contributed by atoms with Crippen LogP contribution in [0.1, 0.15) is 19.0 Å². The molecule has 31 heavy (non-hydrogen) atoms. The summed E-state index contributed by atoms with van der Waals surface area (Å²) in [7, 11) is 0. The molecule has 0 bridgehead atoms. The van der Waals surface area contributed by atoms with Gasteiger partial charge in [-0.05, 0) is 37.6 Å². The van der Waals surface area contributed by atoms with Crippen molar-refractivity contribution in [1.29, 1.82) is 0 Å². The van der Waals surface area contributed by atoms with Gasteiger partial charge < -0.3 is 10.2 Å². The Morgan fingerprint density at radius 3 is 2.55 bits per heavy atom. The topological polar surface area (TPSA) is 84.3 Å². The van der Waals surface area contributed by atoms with Crippen molar-refractivity contribution in [3.8, 4) is 0 Å². The highest BCUT2D eigenvalue weighted by atomic mass is 35.5. The summed E-state index contributed by atoms with van der Waals surface area (Å²) in [4.78, 5) is 39.6. The Bertz CT molecular complexity index is 1190. The number of hydrogen-bond donors (Lipinski definition) is 1. The summed E-state index contributed by atoms with van der Waals surface area (Å²) in [5.74, 6) is -0.792. The van der Waals surface area contributed by atoms with Crippen molar-refractivity contribution in [1.82, 2.24) is 14.7 Å². The van der Waals surface area contributed by atoms with Crippen LogP contribution < -0.4 is 10.9 Å². The second-order valence-electron chi connectivity index (χ2n) is 7.08. The van der Waals surface area contributed by atoms with E-state index in [0.29, 0.717) is 39.8 Å². The molecule has 1 N–H and O–H groups in total. The minimum atomic E-state index is -0.416. The lowest BCUT2D eigenvalue weighted by Crippen LogP contribution is -2.42. The zero-order valence-electron chi connectivity index (χ0n) is 17.2. The van der Waals surface area contributed by atoms with Crippen molar-refractivity contribution in [2.45, 2.75) is 26.8 Å². The maximum atomic E-state index is 12.9. The summed E-state index contributed by atoms with van der Waals surface area (Å²) >= 11 is 12.0. The fourth-order valence-corrected chi connectivity index (χ4v) is 3.59. The second-order valence-corrected chi connectivity index (χ2v) is 7.93. The van der Waals surface area contributed by atoms with E-state index in [0.717, 1.165) is 10.1 Å². The first-order valence-electron chi connectivity index (χ1n) is 9.79. The van der Waals surface area contributed by atoms with Gasteiger partial charge in [0.25, 0.3) is 5.56 Å². The molecule has 2 aromatic carbocycles. The van der Waals surface area contributed by atoms with Gasteiger partial charge in [0.05, 0.1) is 28.3 Å². The van der Waals surface area contributed by atoms with Crippen LogP contribution >= 0.6 is 23.2 Å². The van der Waals surface area contributed by atoms with Gasteiger partial charge in [0.2, 0.25) is 11.8 Å². The summed E-state index contributed by atoms with van der Waals surface area (Å²) in [6, 6.07) is 11.9. The number of nitrogens with one attached hydrogen (secondary N) is 1. The molecule has 0 aliphatic carbocycles. The molecular formula is C22H22Cl2N4O3. The number of carbonyl (C=O) groups excluding carboxylic acids is 2. The van der Waals surface area contributed by atoms with Crippen LogP contribution in [0.5, 0.6) is 0 Å².